The fourth-order valence-corrected chi connectivity index (χ4v) is 1.61. The molecule has 15 heavy (non-hydrogen) atoms. The summed E-state index contributed by atoms with van der Waals surface area (Å²) in [6, 6.07) is 2.03. The molecule has 0 radical (unpaired) electrons. The summed E-state index contributed by atoms with van der Waals surface area (Å²) in [5.41, 5.74) is 0. The average molecular weight is 210 g/mol. The van der Waals surface area contributed by atoms with Crippen LogP contribution in [0.5, 0.6) is 0 Å². The van der Waals surface area contributed by atoms with Gasteiger partial charge in [0, 0.05) is 19.1 Å². The first-order valence-electron chi connectivity index (χ1n) is 5.40. The fourth-order valence-electron chi connectivity index (χ4n) is 1.61. The second kappa shape index (κ2) is 5.72. The lowest BCUT2D eigenvalue weighted by Crippen LogP contribution is -2.36. The first-order valence-corrected chi connectivity index (χ1v) is 5.40. The number of rotatable bonds is 4. The molecule has 0 aromatic rings. The van der Waals surface area contributed by atoms with E-state index < -0.39 is 5.92 Å². The zero-order valence-corrected chi connectivity index (χ0v) is 9.32. The van der Waals surface area contributed by atoms with E-state index in [2.05, 4.69) is 5.32 Å². The molecule has 0 saturated carbocycles. The van der Waals surface area contributed by atoms with E-state index in [1.165, 1.54) is 0 Å². The van der Waals surface area contributed by atoms with Crippen LogP contribution in [0.25, 0.3) is 0 Å². The number of hydrogen-bond donors (Lipinski definition) is 1. The van der Waals surface area contributed by atoms with Crippen LogP contribution >= 0.6 is 0 Å². The maximum Gasteiger partial charge on any atom is 0.237 e. The van der Waals surface area contributed by atoms with Crippen molar-refractivity contribution in [2.75, 3.05) is 19.8 Å². The molecular formula is C11H18N2O2. The Morgan fingerprint density at radius 2 is 2.40 bits per heavy atom. The molecule has 0 bridgehead atoms. The van der Waals surface area contributed by atoms with Crippen molar-refractivity contribution >= 4 is 5.91 Å². The van der Waals surface area contributed by atoms with Crippen LogP contribution in [0.1, 0.15) is 20.3 Å². The molecule has 4 nitrogen and oxygen atoms in total. The van der Waals surface area contributed by atoms with Gasteiger partial charge in [-0.3, -0.25) is 4.79 Å². The SMILES string of the molecule is CC(C)C(C#N)C(=O)NCC1CCOC1. The number of carbonyl (C=O) groups is 1. The van der Waals surface area contributed by atoms with Gasteiger partial charge in [0.15, 0.2) is 0 Å². The van der Waals surface area contributed by atoms with Gasteiger partial charge in [0.05, 0.1) is 12.7 Å². The third-order valence-corrected chi connectivity index (χ3v) is 2.68. The zero-order valence-electron chi connectivity index (χ0n) is 9.32. The predicted octanol–water partition coefficient (Wildman–Crippen LogP) is 0.935. The van der Waals surface area contributed by atoms with Crippen LogP contribution in [0.2, 0.25) is 0 Å². The molecule has 1 amide bonds. The molecule has 0 spiro atoms. The minimum absolute atomic E-state index is 0.0647. The second-order valence-electron chi connectivity index (χ2n) is 4.33. The van der Waals surface area contributed by atoms with Gasteiger partial charge in [0.1, 0.15) is 5.92 Å². The summed E-state index contributed by atoms with van der Waals surface area (Å²) in [7, 11) is 0. The lowest BCUT2D eigenvalue weighted by Gasteiger charge is -2.14. The maximum atomic E-state index is 11.6. The van der Waals surface area contributed by atoms with Crippen molar-refractivity contribution in [1.29, 1.82) is 5.26 Å². The van der Waals surface area contributed by atoms with E-state index in [9.17, 15) is 4.79 Å². The summed E-state index contributed by atoms with van der Waals surface area (Å²) in [4.78, 5) is 11.6. The van der Waals surface area contributed by atoms with Gasteiger partial charge in [-0.1, -0.05) is 13.8 Å². The lowest BCUT2D eigenvalue weighted by molar-refractivity contribution is -0.124. The van der Waals surface area contributed by atoms with Gasteiger partial charge in [-0.05, 0) is 12.3 Å². The van der Waals surface area contributed by atoms with Crippen molar-refractivity contribution in [2.24, 2.45) is 17.8 Å². The van der Waals surface area contributed by atoms with Crippen LogP contribution < -0.4 is 5.32 Å². The molecule has 0 aliphatic carbocycles. The van der Waals surface area contributed by atoms with Gasteiger partial charge in [-0.2, -0.15) is 5.26 Å². The maximum absolute atomic E-state index is 11.6. The standard InChI is InChI=1S/C11H18N2O2/c1-8(2)10(5-12)11(14)13-6-9-3-4-15-7-9/h8-10H,3-4,6-7H2,1-2H3,(H,13,14). The Morgan fingerprint density at radius 3 is 2.87 bits per heavy atom. The predicted molar refractivity (Wildman–Crippen MR) is 55.9 cm³/mol. The fraction of sp³-hybridized carbons (Fsp3) is 0.818. The Labute approximate surface area is 90.6 Å². The Hall–Kier alpha value is -1.08. The normalized spacial score (nSPS) is 22.4. The molecule has 4 heteroatoms. The van der Waals surface area contributed by atoms with E-state index in [1.54, 1.807) is 0 Å². The largest absolute Gasteiger partial charge is 0.381 e. The Morgan fingerprint density at radius 1 is 1.67 bits per heavy atom. The highest BCUT2D eigenvalue weighted by molar-refractivity contribution is 5.81. The first-order chi connectivity index (χ1) is 7.15. The monoisotopic (exact) mass is 210 g/mol. The van der Waals surface area contributed by atoms with Crippen molar-refractivity contribution in [2.45, 2.75) is 20.3 Å². The van der Waals surface area contributed by atoms with Crippen molar-refractivity contribution in [3.05, 3.63) is 0 Å². The summed E-state index contributed by atoms with van der Waals surface area (Å²) in [5, 5.41) is 11.6. The van der Waals surface area contributed by atoms with Crippen LogP contribution in [0, 0.1) is 29.1 Å². The molecule has 1 aliphatic heterocycles. The van der Waals surface area contributed by atoms with Crippen LogP contribution in [0.4, 0.5) is 0 Å². The summed E-state index contributed by atoms with van der Waals surface area (Å²) in [6.07, 6.45) is 0.999. The lowest BCUT2D eigenvalue weighted by atomic mass is 9.96. The van der Waals surface area contributed by atoms with Gasteiger partial charge in [0.25, 0.3) is 0 Å². The minimum atomic E-state index is -0.535. The number of carbonyl (C=O) groups excluding carboxylic acids is 1. The summed E-state index contributed by atoms with van der Waals surface area (Å²) >= 11 is 0. The van der Waals surface area contributed by atoms with E-state index in [1.807, 2.05) is 19.9 Å². The molecule has 1 rings (SSSR count). The van der Waals surface area contributed by atoms with Crippen molar-refractivity contribution in [3.63, 3.8) is 0 Å². The highest BCUT2D eigenvalue weighted by atomic mass is 16.5. The smallest absolute Gasteiger partial charge is 0.237 e. The molecule has 1 saturated heterocycles. The molecule has 1 heterocycles. The molecule has 1 fully saturated rings. The van der Waals surface area contributed by atoms with Gasteiger partial charge in [-0.15, -0.1) is 0 Å². The van der Waals surface area contributed by atoms with Crippen LogP contribution in [0.3, 0.4) is 0 Å². The van der Waals surface area contributed by atoms with E-state index in [4.69, 9.17) is 10.00 Å². The zero-order chi connectivity index (χ0) is 11.3. The molecule has 2 unspecified atom stereocenters. The topological polar surface area (TPSA) is 62.1 Å². The Bertz CT molecular complexity index is 252. The average Bonchev–Trinajstić information content (AvgIpc) is 2.67. The highest BCUT2D eigenvalue weighted by Crippen LogP contribution is 2.12. The number of ether oxygens (including phenoxy) is 1. The highest BCUT2D eigenvalue weighted by Gasteiger charge is 2.23. The van der Waals surface area contributed by atoms with Crippen LogP contribution in [0.15, 0.2) is 0 Å². The van der Waals surface area contributed by atoms with E-state index in [0.717, 1.165) is 19.6 Å². The number of nitrogens with one attached hydrogen (secondary N) is 1. The third kappa shape index (κ3) is 3.52. The van der Waals surface area contributed by atoms with Crippen LogP contribution in [-0.4, -0.2) is 25.7 Å². The molecule has 1 aliphatic rings. The van der Waals surface area contributed by atoms with E-state index in [-0.39, 0.29) is 11.8 Å². The molecule has 1 N–H and O–H groups in total. The van der Waals surface area contributed by atoms with Gasteiger partial charge in [-0.25, -0.2) is 0 Å². The summed E-state index contributed by atoms with van der Waals surface area (Å²) in [6.45, 7) is 5.90. The third-order valence-electron chi connectivity index (χ3n) is 2.68. The Kier molecular flexibility index (Phi) is 4.57. The quantitative estimate of drug-likeness (QED) is 0.751. The van der Waals surface area contributed by atoms with Crippen molar-refractivity contribution < 1.29 is 9.53 Å². The molecule has 0 aromatic carbocycles. The van der Waals surface area contributed by atoms with Gasteiger partial charge < -0.3 is 10.1 Å². The van der Waals surface area contributed by atoms with E-state index >= 15 is 0 Å². The molecule has 84 valence electrons. The van der Waals surface area contributed by atoms with E-state index in [0.29, 0.717) is 12.5 Å². The van der Waals surface area contributed by atoms with Gasteiger partial charge >= 0.3 is 0 Å². The molecule has 2 atom stereocenters. The van der Waals surface area contributed by atoms with Gasteiger partial charge in [0.2, 0.25) is 5.91 Å². The molecular weight excluding hydrogens is 192 g/mol. The second-order valence-corrected chi connectivity index (χ2v) is 4.33. The number of hydrogen-bond acceptors (Lipinski definition) is 3. The van der Waals surface area contributed by atoms with Crippen molar-refractivity contribution in [1.82, 2.24) is 5.32 Å². The first kappa shape index (κ1) is 12.0. The number of nitriles is 1. The number of nitrogens with zero attached hydrogens (tertiary/aromatic N) is 1. The molecule has 0 aromatic heterocycles. The summed E-state index contributed by atoms with van der Waals surface area (Å²) < 4.78 is 5.21. The van der Waals surface area contributed by atoms with Crippen molar-refractivity contribution in [3.8, 4) is 6.07 Å². The summed E-state index contributed by atoms with van der Waals surface area (Å²) in [5.74, 6) is -0.206. The van der Waals surface area contributed by atoms with Crippen LogP contribution in [-0.2, 0) is 9.53 Å². The number of amides is 1. The Balaban J connectivity index is 2.31. The minimum Gasteiger partial charge on any atom is -0.381 e.